The third-order valence-electron chi connectivity index (χ3n) is 3.07. The topological polar surface area (TPSA) is 39.2 Å². The van der Waals surface area contributed by atoms with Gasteiger partial charge >= 0.3 is 0 Å². The lowest BCUT2D eigenvalue weighted by atomic mass is 10.1. The Balaban J connectivity index is 2.08. The van der Waals surface area contributed by atoms with Crippen molar-refractivity contribution in [1.29, 1.82) is 0 Å². The van der Waals surface area contributed by atoms with Gasteiger partial charge in [-0.25, -0.2) is 4.39 Å². The van der Waals surface area contributed by atoms with Crippen LogP contribution in [-0.4, -0.2) is 0 Å². The zero-order valence-electron chi connectivity index (χ0n) is 10.2. The first-order chi connectivity index (χ1) is 9.54. The summed E-state index contributed by atoms with van der Waals surface area (Å²) in [6.07, 6.45) is 0. The van der Waals surface area contributed by atoms with E-state index in [1.54, 1.807) is 30.3 Å². The first kappa shape index (κ1) is 13.4. The molecule has 5 heteroatoms. The van der Waals surface area contributed by atoms with Crippen molar-refractivity contribution in [1.82, 2.24) is 0 Å². The fraction of sp³-hybridized carbons (Fsp3) is 0.0667. The first-order valence-electron chi connectivity index (χ1n) is 5.94. The van der Waals surface area contributed by atoms with Crippen LogP contribution in [0.5, 0.6) is 0 Å². The monoisotopic (exact) mass is 309 g/mol. The van der Waals surface area contributed by atoms with Gasteiger partial charge in [-0.15, -0.1) is 0 Å². The molecule has 1 heterocycles. The predicted molar refractivity (Wildman–Crippen MR) is 78.7 cm³/mol. The van der Waals surface area contributed by atoms with Crippen molar-refractivity contribution in [3.8, 4) is 0 Å². The summed E-state index contributed by atoms with van der Waals surface area (Å²) in [4.78, 5) is 0. The molecule has 3 rings (SSSR count). The van der Waals surface area contributed by atoms with Crippen molar-refractivity contribution in [3.05, 3.63) is 69.7 Å². The highest BCUT2D eigenvalue weighted by atomic mass is 35.5. The molecule has 3 aromatic rings. The van der Waals surface area contributed by atoms with Gasteiger partial charge in [0.15, 0.2) is 5.58 Å². The molecular formula is C15H10Cl2FNO. The fourth-order valence-corrected chi connectivity index (χ4v) is 2.66. The van der Waals surface area contributed by atoms with E-state index in [4.69, 9.17) is 33.4 Å². The van der Waals surface area contributed by atoms with Crippen molar-refractivity contribution in [2.45, 2.75) is 6.04 Å². The molecule has 0 saturated heterocycles. The van der Waals surface area contributed by atoms with Gasteiger partial charge in [0.05, 0.1) is 11.1 Å². The lowest BCUT2D eigenvalue weighted by Crippen LogP contribution is -2.10. The highest BCUT2D eigenvalue weighted by Crippen LogP contribution is 2.33. The smallest absolute Gasteiger partial charge is 0.153 e. The van der Waals surface area contributed by atoms with Crippen LogP contribution in [0.25, 0.3) is 11.0 Å². The van der Waals surface area contributed by atoms with Crippen LogP contribution in [0.15, 0.2) is 46.9 Å². The Labute approximate surface area is 124 Å². The molecule has 1 atom stereocenters. The van der Waals surface area contributed by atoms with E-state index in [0.29, 0.717) is 27.0 Å². The Morgan fingerprint density at radius 1 is 1.10 bits per heavy atom. The summed E-state index contributed by atoms with van der Waals surface area (Å²) in [7, 11) is 0. The summed E-state index contributed by atoms with van der Waals surface area (Å²) < 4.78 is 18.9. The molecule has 1 unspecified atom stereocenters. The first-order valence-corrected chi connectivity index (χ1v) is 6.70. The maximum atomic E-state index is 13.2. The zero-order valence-corrected chi connectivity index (χ0v) is 11.8. The van der Waals surface area contributed by atoms with Crippen LogP contribution in [0.2, 0.25) is 10.0 Å². The molecule has 0 aliphatic rings. The third-order valence-corrected chi connectivity index (χ3v) is 3.57. The number of rotatable bonds is 2. The van der Waals surface area contributed by atoms with Crippen molar-refractivity contribution in [2.24, 2.45) is 5.73 Å². The second-order valence-electron chi connectivity index (χ2n) is 4.49. The van der Waals surface area contributed by atoms with E-state index in [-0.39, 0.29) is 5.82 Å². The molecule has 1 aromatic heterocycles. The van der Waals surface area contributed by atoms with Gasteiger partial charge in [-0.3, -0.25) is 0 Å². The minimum atomic E-state index is -0.562. The Hall–Kier alpha value is -1.55. The second-order valence-corrected chi connectivity index (χ2v) is 5.33. The van der Waals surface area contributed by atoms with Gasteiger partial charge in [-0.05, 0) is 35.9 Å². The largest absolute Gasteiger partial charge is 0.457 e. The van der Waals surface area contributed by atoms with Crippen LogP contribution < -0.4 is 5.73 Å². The Kier molecular flexibility index (Phi) is 3.42. The summed E-state index contributed by atoms with van der Waals surface area (Å²) in [5, 5.41) is 1.71. The molecule has 102 valence electrons. The van der Waals surface area contributed by atoms with Gasteiger partial charge in [0.1, 0.15) is 11.6 Å². The highest BCUT2D eigenvalue weighted by Gasteiger charge is 2.16. The summed E-state index contributed by atoms with van der Waals surface area (Å²) in [6, 6.07) is 10.7. The molecule has 0 amide bonds. The Morgan fingerprint density at radius 3 is 2.65 bits per heavy atom. The SMILES string of the molecule is NC(c1cccc(F)c1)c1cc2cc(Cl)cc(Cl)c2o1. The molecule has 2 aromatic carbocycles. The Bertz CT molecular complexity index is 785. The summed E-state index contributed by atoms with van der Waals surface area (Å²) in [5.74, 6) is 0.171. The van der Waals surface area contributed by atoms with Crippen LogP contribution in [0.3, 0.4) is 0 Å². The van der Waals surface area contributed by atoms with Gasteiger partial charge in [-0.1, -0.05) is 35.3 Å². The molecule has 0 saturated carbocycles. The molecule has 0 bridgehead atoms. The lowest BCUT2D eigenvalue weighted by molar-refractivity contribution is 0.523. The molecular weight excluding hydrogens is 300 g/mol. The van der Waals surface area contributed by atoms with Crippen LogP contribution in [0.1, 0.15) is 17.4 Å². The maximum absolute atomic E-state index is 13.2. The molecule has 0 spiro atoms. The predicted octanol–water partition coefficient (Wildman–Crippen LogP) is 4.93. The molecule has 2 N–H and O–H groups in total. The van der Waals surface area contributed by atoms with Crippen LogP contribution in [0.4, 0.5) is 4.39 Å². The number of nitrogens with two attached hydrogens (primary N) is 1. The number of furan rings is 1. The van der Waals surface area contributed by atoms with Gasteiger partial charge in [0.2, 0.25) is 0 Å². The zero-order chi connectivity index (χ0) is 14.3. The number of hydrogen-bond donors (Lipinski definition) is 1. The van der Waals surface area contributed by atoms with Crippen LogP contribution >= 0.6 is 23.2 Å². The van der Waals surface area contributed by atoms with E-state index in [0.717, 1.165) is 5.39 Å². The van der Waals surface area contributed by atoms with E-state index in [1.807, 2.05) is 0 Å². The van der Waals surface area contributed by atoms with Crippen molar-refractivity contribution >= 4 is 34.2 Å². The van der Waals surface area contributed by atoms with Gasteiger partial charge in [0, 0.05) is 10.4 Å². The number of benzene rings is 2. The molecule has 2 nitrogen and oxygen atoms in total. The molecule has 0 aliphatic carbocycles. The molecule has 0 radical (unpaired) electrons. The highest BCUT2D eigenvalue weighted by molar-refractivity contribution is 6.38. The van der Waals surface area contributed by atoms with E-state index in [2.05, 4.69) is 0 Å². The van der Waals surface area contributed by atoms with Gasteiger partial charge in [-0.2, -0.15) is 0 Å². The summed E-state index contributed by atoms with van der Waals surface area (Å²) in [5.41, 5.74) is 7.26. The quantitative estimate of drug-likeness (QED) is 0.729. The van der Waals surface area contributed by atoms with E-state index < -0.39 is 6.04 Å². The van der Waals surface area contributed by atoms with Crippen LogP contribution in [0, 0.1) is 5.82 Å². The van der Waals surface area contributed by atoms with Crippen LogP contribution in [-0.2, 0) is 0 Å². The standard InChI is InChI=1S/C15H10Cl2FNO/c16-10-4-9-6-13(20-15(9)12(17)7-10)14(19)8-2-1-3-11(18)5-8/h1-7,14H,19H2. The molecule has 0 aliphatic heterocycles. The van der Waals surface area contributed by atoms with Crippen molar-refractivity contribution in [3.63, 3.8) is 0 Å². The lowest BCUT2D eigenvalue weighted by Gasteiger charge is -2.08. The van der Waals surface area contributed by atoms with E-state index >= 15 is 0 Å². The number of hydrogen-bond acceptors (Lipinski definition) is 2. The van der Waals surface area contributed by atoms with Gasteiger partial charge < -0.3 is 10.2 Å². The minimum absolute atomic E-state index is 0.338. The third kappa shape index (κ3) is 2.40. The van der Waals surface area contributed by atoms with Crippen molar-refractivity contribution in [2.75, 3.05) is 0 Å². The fourth-order valence-electron chi connectivity index (χ4n) is 2.11. The molecule has 0 fully saturated rings. The van der Waals surface area contributed by atoms with Gasteiger partial charge in [0.25, 0.3) is 0 Å². The normalized spacial score (nSPS) is 12.8. The van der Waals surface area contributed by atoms with E-state index in [1.165, 1.54) is 12.1 Å². The summed E-state index contributed by atoms with van der Waals surface area (Å²) in [6.45, 7) is 0. The Morgan fingerprint density at radius 2 is 1.90 bits per heavy atom. The van der Waals surface area contributed by atoms with Crippen molar-refractivity contribution < 1.29 is 8.81 Å². The number of fused-ring (bicyclic) bond motifs is 1. The maximum Gasteiger partial charge on any atom is 0.153 e. The number of halogens is 3. The minimum Gasteiger partial charge on any atom is -0.457 e. The average molecular weight is 310 g/mol. The average Bonchev–Trinajstić information content (AvgIpc) is 2.82. The molecule has 20 heavy (non-hydrogen) atoms. The summed E-state index contributed by atoms with van der Waals surface area (Å²) >= 11 is 12.0. The second kappa shape index (κ2) is 5.09. The van der Waals surface area contributed by atoms with E-state index in [9.17, 15) is 4.39 Å².